The maximum Gasteiger partial charge on any atom is 0.248 e. The molecule has 2 amide bonds. The Hall–Kier alpha value is -2.60. The maximum atomic E-state index is 12.2. The van der Waals surface area contributed by atoms with E-state index < -0.39 is 0 Å². The van der Waals surface area contributed by atoms with E-state index in [-0.39, 0.29) is 11.8 Å². The van der Waals surface area contributed by atoms with Crippen molar-refractivity contribution >= 4 is 45.2 Å². The van der Waals surface area contributed by atoms with Crippen molar-refractivity contribution in [2.75, 3.05) is 23.9 Å². The fourth-order valence-corrected chi connectivity index (χ4v) is 3.17. The Morgan fingerprint density at radius 1 is 1.23 bits per heavy atom. The standard InChI is InChI=1S/C20H19BrN2O3/c1-26-18-10-7-15(21)13-17(18)22-19(24)11-6-14-4-8-16(9-5-14)23-12-2-3-20(23)25/h4-11,13H,2-3,12H2,1H3,(H,22,24). The van der Waals surface area contributed by atoms with E-state index in [1.165, 1.54) is 6.08 Å². The van der Waals surface area contributed by atoms with Crippen molar-refractivity contribution in [3.8, 4) is 5.75 Å². The normalized spacial score (nSPS) is 14.1. The van der Waals surface area contributed by atoms with Gasteiger partial charge in [0.05, 0.1) is 12.8 Å². The first-order valence-electron chi connectivity index (χ1n) is 8.30. The first kappa shape index (κ1) is 18.2. The lowest BCUT2D eigenvalue weighted by atomic mass is 10.2. The molecule has 6 heteroatoms. The molecule has 2 aromatic rings. The number of hydrogen-bond acceptors (Lipinski definition) is 3. The highest BCUT2D eigenvalue weighted by atomic mass is 79.9. The number of carbonyl (C=O) groups excluding carboxylic acids is 2. The molecule has 0 bridgehead atoms. The largest absolute Gasteiger partial charge is 0.495 e. The molecule has 1 heterocycles. The summed E-state index contributed by atoms with van der Waals surface area (Å²) in [4.78, 5) is 25.7. The van der Waals surface area contributed by atoms with Crippen LogP contribution in [-0.2, 0) is 9.59 Å². The summed E-state index contributed by atoms with van der Waals surface area (Å²) in [5, 5.41) is 2.80. The predicted molar refractivity (Wildman–Crippen MR) is 106 cm³/mol. The minimum Gasteiger partial charge on any atom is -0.495 e. The Morgan fingerprint density at radius 3 is 2.65 bits per heavy atom. The van der Waals surface area contributed by atoms with Crippen molar-refractivity contribution in [2.45, 2.75) is 12.8 Å². The van der Waals surface area contributed by atoms with E-state index in [1.807, 2.05) is 30.3 Å². The van der Waals surface area contributed by atoms with Gasteiger partial charge in [0.1, 0.15) is 5.75 Å². The van der Waals surface area contributed by atoms with Crippen molar-refractivity contribution in [3.05, 3.63) is 58.6 Å². The summed E-state index contributed by atoms with van der Waals surface area (Å²) in [6.45, 7) is 0.769. The smallest absolute Gasteiger partial charge is 0.248 e. The molecule has 1 N–H and O–H groups in total. The van der Waals surface area contributed by atoms with Crippen molar-refractivity contribution in [3.63, 3.8) is 0 Å². The zero-order valence-electron chi connectivity index (χ0n) is 14.4. The molecule has 0 aliphatic carbocycles. The van der Waals surface area contributed by atoms with Crippen molar-refractivity contribution in [2.24, 2.45) is 0 Å². The van der Waals surface area contributed by atoms with Crippen LogP contribution >= 0.6 is 15.9 Å². The molecule has 134 valence electrons. The molecule has 0 aromatic heterocycles. The highest BCUT2D eigenvalue weighted by Crippen LogP contribution is 2.28. The number of hydrogen-bond donors (Lipinski definition) is 1. The molecule has 2 aromatic carbocycles. The number of carbonyl (C=O) groups is 2. The van der Waals surface area contributed by atoms with Gasteiger partial charge in [-0.25, -0.2) is 0 Å². The summed E-state index contributed by atoms with van der Waals surface area (Å²) in [5.41, 5.74) is 2.38. The van der Waals surface area contributed by atoms with E-state index in [9.17, 15) is 9.59 Å². The van der Waals surface area contributed by atoms with Crippen LogP contribution in [0.1, 0.15) is 18.4 Å². The topological polar surface area (TPSA) is 58.6 Å². The van der Waals surface area contributed by atoms with Gasteiger partial charge in [0.25, 0.3) is 0 Å². The van der Waals surface area contributed by atoms with Crippen LogP contribution in [0.2, 0.25) is 0 Å². The molecule has 1 fully saturated rings. The van der Waals surface area contributed by atoms with Crippen LogP contribution in [0.5, 0.6) is 5.75 Å². The molecular formula is C20H19BrN2O3. The Morgan fingerprint density at radius 2 is 2.00 bits per heavy atom. The molecule has 0 saturated carbocycles. The fourth-order valence-electron chi connectivity index (χ4n) is 2.81. The first-order valence-corrected chi connectivity index (χ1v) is 9.09. The van der Waals surface area contributed by atoms with Gasteiger partial charge >= 0.3 is 0 Å². The fraction of sp³-hybridized carbons (Fsp3) is 0.200. The van der Waals surface area contributed by atoms with Gasteiger partial charge in [0.15, 0.2) is 0 Å². The van der Waals surface area contributed by atoms with Crippen LogP contribution in [0.4, 0.5) is 11.4 Å². The third-order valence-corrected chi connectivity index (χ3v) is 4.62. The van der Waals surface area contributed by atoms with Gasteiger partial charge in [0.2, 0.25) is 11.8 Å². The number of benzene rings is 2. The molecule has 0 atom stereocenters. The lowest BCUT2D eigenvalue weighted by Gasteiger charge is -2.15. The van der Waals surface area contributed by atoms with Gasteiger partial charge in [-0.15, -0.1) is 0 Å². The molecule has 5 nitrogen and oxygen atoms in total. The number of amides is 2. The lowest BCUT2D eigenvalue weighted by molar-refractivity contribution is -0.117. The van der Waals surface area contributed by atoms with Crippen molar-refractivity contribution < 1.29 is 14.3 Å². The second-order valence-corrected chi connectivity index (χ2v) is 6.82. The molecule has 1 saturated heterocycles. The lowest BCUT2D eigenvalue weighted by Crippen LogP contribution is -2.23. The number of anilines is 2. The minimum absolute atomic E-state index is 0.163. The van der Waals surface area contributed by atoms with E-state index in [1.54, 1.807) is 30.2 Å². The van der Waals surface area contributed by atoms with E-state index in [0.29, 0.717) is 17.9 Å². The molecule has 1 aliphatic heterocycles. The Balaban J connectivity index is 1.65. The Labute approximate surface area is 160 Å². The quantitative estimate of drug-likeness (QED) is 0.744. The summed E-state index contributed by atoms with van der Waals surface area (Å²) in [6, 6.07) is 13.0. The van der Waals surface area contributed by atoms with Gasteiger partial charge < -0.3 is 15.0 Å². The SMILES string of the molecule is COc1ccc(Br)cc1NC(=O)C=Cc1ccc(N2CCCC2=O)cc1. The second kappa shape index (κ2) is 8.19. The van der Waals surface area contributed by atoms with Crippen LogP contribution in [-0.4, -0.2) is 25.5 Å². The van der Waals surface area contributed by atoms with Gasteiger partial charge in [-0.1, -0.05) is 28.1 Å². The highest BCUT2D eigenvalue weighted by molar-refractivity contribution is 9.10. The van der Waals surface area contributed by atoms with E-state index >= 15 is 0 Å². The number of rotatable bonds is 5. The molecule has 1 aliphatic rings. The Kier molecular flexibility index (Phi) is 5.73. The zero-order chi connectivity index (χ0) is 18.5. The number of nitrogens with one attached hydrogen (secondary N) is 1. The van der Waals surface area contributed by atoms with Crippen LogP contribution in [0.25, 0.3) is 6.08 Å². The predicted octanol–water partition coefficient (Wildman–Crippen LogP) is 4.24. The Bertz CT molecular complexity index is 847. The average Bonchev–Trinajstić information content (AvgIpc) is 3.07. The van der Waals surface area contributed by atoms with Crippen LogP contribution in [0.15, 0.2) is 53.0 Å². The summed E-state index contributed by atoms with van der Waals surface area (Å²) in [5.74, 6) is 0.505. The van der Waals surface area contributed by atoms with Gasteiger partial charge in [0, 0.05) is 29.2 Å². The van der Waals surface area contributed by atoms with E-state index in [0.717, 1.165) is 28.7 Å². The van der Waals surface area contributed by atoms with Crippen LogP contribution in [0.3, 0.4) is 0 Å². The molecule has 0 spiro atoms. The van der Waals surface area contributed by atoms with Gasteiger partial charge in [-0.2, -0.15) is 0 Å². The van der Waals surface area contributed by atoms with Crippen LogP contribution in [0, 0.1) is 0 Å². The summed E-state index contributed by atoms with van der Waals surface area (Å²) < 4.78 is 6.09. The number of halogens is 1. The van der Waals surface area contributed by atoms with E-state index in [4.69, 9.17) is 4.74 Å². The minimum atomic E-state index is -0.250. The summed E-state index contributed by atoms with van der Waals surface area (Å²) >= 11 is 3.38. The van der Waals surface area contributed by atoms with E-state index in [2.05, 4.69) is 21.2 Å². The summed E-state index contributed by atoms with van der Waals surface area (Å²) in [6.07, 6.45) is 4.71. The number of nitrogens with zero attached hydrogens (tertiary/aromatic N) is 1. The zero-order valence-corrected chi connectivity index (χ0v) is 16.0. The monoisotopic (exact) mass is 414 g/mol. The highest BCUT2D eigenvalue weighted by Gasteiger charge is 2.21. The molecule has 3 rings (SSSR count). The van der Waals surface area contributed by atoms with Crippen molar-refractivity contribution in [1.82, 2.24) is 0 Å². The third kappa shape index (κ3) is 4.32. The van der Waals surface area contributed by atoms with Crippen LogP contribution < -0.4 is 15.0 Å². The van der Waals surface area contributed by atoms with Crippen molar-refractivity contribution in [1.29, 1.82) is 0 Å². The second-order valence-electron chi connectivity index (χ2n) is 5.91. The number of ether oxygens (including phenoxy) is 1. The first-order chi connectivity index (χ1) is 12.6. The molecule has 26 heavy (non-hydrogen) atoms. The average molecular weight is 415 g/mol. The molecule has 0 radical (unpaired) electrons. The summed E-state index contributed by atoms with van der Waals surface area (Å²) in [7, 11) is 1.56. The van der Waals surface area contributed by atoms with Gasteiger partial charge in [-0.3, -0.25) is 9.59 Å². The van der Waals surface area contributed by atoms with Gasteiger partial charge in [-0.05, 0) is 48.4 Å². The molecule has 0 unspecified atom stereocenters. The third-order valence-electron chi connectivity index (χ3n) is 4.12. The maximum absolute atomic E-state index is 12.2. The molecular weight excluding hydrogens is 396 g/mol. The number of methoxy groups -OCH3 is 1.